The highest BCUT2D eigenvalue weighted by Gasteiger charge is 2.33. The highest BCUT2D eigenvalue weighted by molar-refractivity contribution is 9.09. The Balaban J connectivity index is 1.82. The zero-order chi connectivity index (χ0) is 14.2. The van der Waals surface area contributed by atoms with Crippen molar-refractivity contribution in [2.45, 2.75) is 12.8 Å². The van der Waals surface area contributed by atoms with Gasteiger partial charge in [0, 0.05) is 10.0 Å². The fourth-order valence-corrected chi connectivity index (χ4v) is 6.67. The summed E-state index contributed by atoms with van der Waals surface area (Å²) in [6, 6.07) is 8.44. The lowest BCUT2D eigenvalue weighted by Crippen LogP contribution is -2.20. The monoisotopic (exact) mass is 372 g/mol. The summed E-state index contributed by atoms with van der Waals surface area (Å²) in [6.45, 7) is 0. The summed E-state index contributed by atoms with van der Waals surface area (Å²) >= 11 is 5.36. The number of benzene rings is 1. The highest BCUT2D eigenvalue weighted by Crippen LogP contribution is 2.33. The quantitative estimate of drug-likeness (QED) is 0.762. The van der Waals surface area contributed by atoms with Gasteiger partial charge in [0.1, 0.15) is 0 Å². The number of alkyl halides is 1. The third-order valence-electron chi connectivity index (χ3n) is 4.18. The summed E-state index contributed by atoms with van der Waals surface area (Å²) in [6.07, 6.45) is 1.79. The molecule has 2 nitrogen and oxygen atoms in total. The molecule has 0 bridgehead atoms. The van der Waals surface area contributed by atoms with Crippen LogP contribution in [0.2, 0.25) is 0 Å². The number of halogens is 1. The first-order valence-corrected chi connectivity index (χ1v) is 10.6. The van der Waals surface area contributed by atoms with Crippen LogP contribution in [0.1, 0.15) is 12.0 Å². The summed E-state index contributed by atoms with van der Waals surface area (Å²) in [5.74, 6) is 1.44. The summed E-state index contributed by atoms with van der Waals surface area (Å²) in [5.41, 5.74) is 1.36. The minimum Gasteiger partial charge on any atom is -0.229 e. The van der Waals surface area contributed by atoms with Crippen LogP contribution in [0.15, 0.2) is 29.6 Å². The van der Waals surface area contributed by atoms with E-state index in [0.717, 1.165) is 18.2 Å². The van der Waals surface area contributed by atoms with Crippen LogP contribution in [0.4, 0.5) is 0 Å². The van der Waals surface area contributed by atoms with Crippen molar-refractivity contribution in [2.24, 2.45) is 11.8 Å². The molecule has 1 aliphatic heterocycles. The largest absolute Gasteiger partial charge is 0.229 e. The molecular formula is C15H17BrO2S2. The van der Waals surface area contributed by atoms with Crippen molar-refractivity contribution in [1.82, 2.24) is 0 Å². The molecule has 2 unspecified atom stereocenters. The van der Waals surface area contributed by atoms with Crippen LogP contribution in [0, 0.1) is 11.8 Å². The van der Waals surface area contributed by atoms with E-state index in [1.165, 1.54) is 15.6 Å². The van der Waals surface area contributed by atoms with E-state index in [1.807, 2.05) is 0 Å². The first kappa shape index (κ1) is 14.5. The molecule has 0 radical (unpaired) electrons. The topological polar surface area (TPSA) is 34.1 Å². The van der Waals surface area contributed by atoms with E-state index in [9.17, 15) is 8.42 Å². The third-order valence-corrected chi connectivity index (χ3v) is 7.81. The molecule has 1 aliphatic rings. The molecule has 1 aromatic heterocycles. The van der Waals surface area contributed by atoms with E-state index in [1.54, 1.807) is 11.3 Å². The van der Waals surface area contributed by atoms with Gasteiger partial charge < -0.3 is 0 Å². The first-order valence-electron chi connectivity index (χ1n) is 6.80. The Hall–Kier alpha value is -0.390. The molecule has 2 heterocycles. The molecule has 3 rings (SSSR count). The molecule has 108 valence electrons. The average molecular weight is 373 g/mol. The normalized spacial score (nSPS) is 23.1. The van der Waals surface area contributed by atoms with Gasteiger partial charge in [-0.1, -0.05) is 34.1 Å². The molecule has 2 atom stereocenters. The minimum atomic E-state index is -2.79. The van der Waals surface area contributed by atoms with Crippen molar-refractivity contribution in [1.29, 1.82) is 0 Å². The van der Waals surface area contributed by atoms with Gasteiger partial charge in [-0.3, -0.25) is 0 Å². The number of fused-ring (bicyclic) bond motifs is 1. The standard InChI is InChI=1S/C15H17BrO2S2/c16-8-12(11-5-6-20(17,18)10-11)7-13-9-19-15-4-2-1-3-14(13)15/h1-4,9,11-12H,5-8,10H2. The number of thiophene rings is 1. The molecule has 5 heteroatoms. The van der Waals surface area contributed by atoms with Gasteiger partial charge in [-0.25, -0.2) is 8.42 Å². The van der Waals surface area contributed by atoms with Crippen LogP contribution in [-0.4, -0.2) is 25.3 Å². The van der Waals surface area contributed by atoms with Crippen molar-refractivity contribution in [2.75, 3.05) is 16.8 Å². The van der Waals surface area contributed by atoms with E-state index in [4.69, 9.17) is 0 Å². The fourth-order valence-electron chi connectivity index (χ4n) is 3.02. The fraction of sp³-hybridized carbons (Fsp3) is 0.467. The molecular weight excluding hydrogens is 356 g/mol. The maximum absolute atomic E-state index is 11.7. The Morgan fingerprint density at radius 2 is 2.15 bits per heavy atom. The zero-order valence-corrected chi connectivity index (χ0v) is 14.3. The predicted octanol–water partition coefficient (Wildman–Crippen LogP) is 3.89. The smallest absolute Gasteiger partial charge is 0.150 e. The summed E-state index contributed by atoms with van der Waals surface area (Å²) < 4.78 is 24.6. The molecule has 0 amide bonds. The Morgan fingerprint density at radius 1 is 1.35 bits per heavy atom. The average Bonchev–Trinajstić information content (AvgIpc) is 2.99. The van der Waals surface area contributed by atoms with Gasteiger partial charge in [0.15, 0.2) is 9.84 Å². The van der Waals surface area contributed by atoms with Gasteiger partial charge in [-0.15, -0.1) is 11.3 Å². The Bertz CT molecular complexity index is 705. The van der Waals surface area contributed by atoms with Gasteiger partial charge in [0.25, 0.3) is 0 Å². The molecule has 0 spiro atoms. The van der Waals surface area contributed by atoms with Crippen LogP contribution in [0.5, 0.6) is 0 Å². The Morgan fingerprint density at radius 3 is 2.85 bits per heavy atom. The van der Waals surface area contributed by atoms with Crippen LogP contribution >= 0.6 is 27.3 Å². The summed E-state index contributed by atoms with van der Waals surface area (Å²) in [4.78, 5) is 0. The molecule has 0 N–H and O–H groups in total. The third kappa shape index (κ3) is 2.95. The van der Waals surface area contributed by atoms with E-state index >= 15 is 0 Å². The maximum Gasteiger partial charge on any atom is 0.150 e. The Kier molecular flexibility index (Phi) is 4.20. The molecule has 1 saturated heterocycles. The second-order valence-corrected chi connectivity index (χ2v) is 9.33. The van der Waals surface area contributed by atoms with Crippen molar-refractivity contribution in [3.63, 3.8) is 0 Å². The first-order chi connectivity index (χ1) is 9.59. The van der Waals surface area contributed by atoms with E-state index in [0.29, 0.717) is 23.3 Å². The molecule has 0 aliphatic carbocycles. The predicted molar refractivity (Wildman–Crippen MR) is 89.6 cm³/mol. The van der Waals surface area contributed by atoms with Gasteiger partial charge in [0.2, 0.25) is 0 Å². The molecule has 2 aromatic rings. The van der Waals surface area contributed by atoms with Crippen molar-refractivity contribution in [3.8, 4) is 0 Å². The second-order valence-electron chi connectivity index (χ2n) is 5.54. The SMILES string of the molecule is O=S1(=O)CCC(C(CBr)Cc2csc3ccccc23)C1. The highest BCUT2D eigenvalue weighted by atomic mass is 79.9. The van der Waals surface area contributed by atoms with Crippen LogP contribution in [0.3, 0.4) is 0 Å². The number of sulfone groups is 1. The summed E-state index contributed by atoms with van der Waals surface area (Å²) in [5, 5.41) is 4.42. The van der Waals surface area contributed by atoms with Gasteiger partial charge in [0.05, 0.1) is 11.5 Å². The summed E-state index contributed by atoms with van der Waals surface area (Å²) in [7, 11) is -2.79. The van der Waals surface area contributed by atoms with E-state index in [-0.39, 0.29) is 0 Å². The number of hydrogen-bond acceptors (Lipinski definition) is 3. The van der Waals surface area contributed by atoms with Crippen LogP contribution in [-0.2, 0) is 16.3 Å². The van der Waals surface area contributed by atoms with Crippen molar-refractivity contribution >= 4 is 47.2 Å². The minimum absolute atomic E-state index is 0.304. The lowest BCUT2D eigenvalue weighted by atomic mass is 9.88. The second kappa shape index (κ2) is 5.78. The molecule has 1 fully saturated rings. The Labute approximate surface area is 132 Å². The van der Waals surface area contributed by atoms with E-state index < -0.39 is 9.84 Å². The van der Waals surface area contributed by atoms with Crippen molar-refractivity contribution < 1.29 is 8.42 Å². The van der Waals surface area contributed by atoms with Crippen molar-refractivity contribution in [3.05, 3.63) is 35.2 Å². The van der Waals surface area contributed by atoms with Crippen LogP contribution < -0.4 is 0 Å². The molecule has 20 heavy (non-hydrogen) atoms. The van der Waals surface area contributed by atoms with Crippen LogP contribution in [0.25, 0.3) is 10.1 Å². The molecule has 1 aromatic carbocycles. The number of hydrogen-bond donors (Lipinski definition) is 0. The van der Waals surface area contributed by atoms with Gasteiger partial charge >= 0.3 is 0 Å². The van der Waals surface area contributed by atoms with E-state index in [2.05, 4.69) is 45.6 Å². The lowest BCUT2D eigenvalue weighted by Gasteiger charge is -2.19. The van der Waals surface area contributed by atoms with Gasteiger partial charge in [-0.2, -0.15) is 0 Å². The maximum atomic E-state index is 11.7. The zero-order valence-electron chi connectivity index (χ0n) is 11.1. The molecule has 0 saturated carbocycles. The van der Waals surface area contributed by atoms with Gasteiger partial charge in [-0.05, 0) is 47.1 Å². The number of rotatable bonds is 4. The lowest BCUT2D eigenvalue weighted by molar-refractivity contribution is 0.403.